The molecule has 1 aliphatic heterocycles. The van der Waals surface area contributed by atoms with Crippen molar-refractivity contribution in [3.05, 3.63) is 23.8 Å². The van der Waals surface area contributed by atoms with Crippen LogP contribution >= 0.6 is 0 Å². The lowest BCUT2D eigenvalue weighted by molar-refractivity contribution is -0.453. The van der Waals surface area contributed by atoms with Crippen molar-refractivity contribution in [3.8, 4) is 5.75 Å². The van der Waals surface area contributed by atoms with E-state index in [2.05, 4.69) is 42.8 Å². The minimum Gasteiger partial charge on any atom is -0.429 e. The fraction of sp³-hybridized carbons (Fsp3) is 0.417. The molecule has 0 radical (unpaired) electrons. The molecule has 0 atom stereocenters. The van der Waals surface area contributed by atoms with Crippen LogP contribution in [0.4, 0.5) is 5.69 Å². The largest absolute Gasteiger partial charge is 0.429 e. The number of nitrogens with zero attached hydrogens (tertiary/aromatic N) is 1. The lowest BCUT2D eigenvalue weighted by Crippen LogP contribution is -2.03. The van der Waals surface area contributed by atoms with Gasteiger partial charge in [-0.05, 0) is 5.92 Å². The van der Waals surface area contributed by atoms with Gasteiger partial charge in [-0.25, -0.2) is 0 Å². The van der Waals surface area contributed by atoms with E-state index < -0.39 is 0 Å². The number of rotatable bonds is 1. The average Bonchev–Trinajstić information content (AvgIpc) is 2.59. The van der Waals surface area contributed by atoms with E-state index in [0.29, 0.717) is 12.6 Å². The Morgan fingerprint density at radius 3 is 2.86 bits per heavy atom. The van der Waals surface area contributed by atoms with Crippen LogP contribution in [0.2, 0.25) is 0 Å². The Morgan fingerprint density at radius 1 is 1.43 bits per heavy atom. The van der Waals surface area contributed by atoms with E-state index in [1.54, 1.807) is 0 Å². The first-order valence-electron chi connectivity index (χ1n) is 5.06. The molecule has 0 saturated heterocycles. The number of ether oxygens (including phenoxy) is 1. The van der Waals surface area contributed by atoms with Gasteiger partial charge in [-0.15, -0.1) is 0 Å². The van der Waals surface area contributed by atoms with Gasteiger partial charge in [-0.2, -0.15) is 4.58 Å². The summed E-state index contributed by atoms with van der Waals surface area (Å²) in [5, 5.41) is 0. The first-order chi connectivity index (χ1) is 6.74. The molecule has 74 valence electrons. The van der Waals surface area contributed by atoms with E-state index in [9.17, 15) is 0 Å². The number of hydrogen-bond acceptors (Lipinski definition) is 1. The molecule has 0 N–H and O–H groups in total. The maximum Gasteiger partial charge on any atom is 0.292 e. The minimum absolute atomic E-state index is 0.516. The van der Waals surface area contributed by atoms with E-state index in [4.69, 9.17) is 4.74 Å². The Hall–Kier alpha value is -1.31. The lowest BCUT2D eigenvalue weighted by atomic mass is 10.0. The summed E-state index contributed by atoms with van der Waals surface area (Å²) < 4.78 is 7.82. The predicted molar refractivity (Wildman–Crippen MR) is 57.7 cm³/mol. The van der Waals surface area contributed by atoms with E-state index in [1.807, 2.05) is 6.92 Å². The fourth-order valence-corrected chi connectivity index (χ4v) is 1.80. The van der Waals surface area contributed by atoms with Crippen molar-refractivity contribution in [1.29, 1.82) is 0 Å². The summed E-state index contributed by atoms with van der Waals surface area (Å²) in [5.74, 6) is 1.57. The summed E-state index contributed by atoms with van der Waals surface area (Å²) in [4.78, 5) is 0. The number of para-hydroxylation sites is 1. The van der Waals surface area contributed by atoms with Crippen molar-refractivity contribution in [3.63, 3.8) is 0 Å². The lowest BCUT2D eigenvalue weighted by Gasteiger charge is -2.06. The highest BCUT2D eigenvalue weighted by atomic mass is 16.5. The van der Waals surface area contributed by atoms with Crippen molar-refractivity contribution in [2.24, 2.45) is 0 Å². The van der Waals surface area contributed by atoms with E-state index >= 15 is 0 Å². The highest BCUT2D eigenvalue weighted by Crippen LogP contribution is 2.38. The van der Waals surface area contributed by atoms with Gasteiger partial charge in [0.1, 0.15) is 6.21 Å². The quantitative estimate of drug-likeness (QED) is 0.620. The van der Waals surface area contributed by atoms with Crippen molar-refractivity contribution in [2.45, 2.75) is 26.7 Å². The van der Waals surface area contributed by atoms with Crippen molar-refractivity contribution in [1.82, 2.24) is 0 Å². The van der Waals surface area contributed by atoms with Crippen LogP contribution in [0.1, 0.15) is 32.3 Å². The first kappa shape index (κ1) is 9.25. The third-order valence-corrected chi connectivity index (χ3v) is 2.62. The topological polar surface area (TPSA) is 12.2 Å². The van der Waals surface area contributed by atoms with E-state index in [-0.39, 0.29) is 0 Å². The van der Waals surface area contributed by atoms with Gasteiger partial charge in [0.2, 0.25) is 5.75 Å². The van der Waals surface area contributed by atoms with Gasteiger partial charge < -0.3 is 4.74 Å². The van der Waals surface area contributed by atoms with Crippen LogP contribution in [0.5, 0.6) is 5.75 Å². The molecular weight excluding hydrogens is 174 g/mol. The Kier molecular flexibility index (Phi) is 2.28. The highest BCUT2D eigenvalue weighted by Gasteiger charge is 2.27. The molecular formula is C12H16NO+. The normalized spacial score (nSPS) is 17.3. The number of hydrogen-bond donors (Lipinski definition) is 0. The Balaban J connectivity index is 2.55. The van der Waals surface area contributed by atoms with Crippen LogP contribution in [0.25, 0.3) is 0 Å². The third-order valence-electron chi connectivity index (χ3n) is 2.62. The molecule has 2 nitrogen and oxygen atoms in total. The van der Waals surface area contributed by atoms with Crippen molar-refractivity contribution < 1.29 is 9.31 Å². The molecule has 2 rings (SSSR count). The second-order valence-electron chi connectivity index (χ2n) is 3.85. The zero-order valence-electron chi connectivity index (χ0n) is 8.95. The molecule has 1 aromatic carbocycles. The summed E-state index contributed by atoms with van der Waals surface area (Å²) in [6.45, 7) is 7.06. The molecule has 0 bridgehead atoms. The summed E-state index contributed by atoms with van der Waals surface area (Å²) in [6.07, 6.45) is 2.05. The van der Waals surface area contributed by atoms with E-state index in [0.717, 1.165) is 5.75 Å². The Labute approximate surface area is 84.8 Å². The number of fused-ring (bicyclic) bond motifs is 1. The minimum atomic E-state index is 0.516. The molecule has 0 fully saturated rings. The van der Waals surface area contributed by atoms with Crippen molar-refractivity contribution >= 4 is 11.9 Å². The van der Waals surface area contributed by atoms with Crippen LogP contribution in [0.3, 0.4) is 0 Å². The summed E-state index contributed by atoms with van der Waals surface area (Å²) >= 11 is 0. The molecule has 1 heterocycles. The zero-order valence-corrected chi connectivity index (χ0v) is 8.95. The third kappa shape index (κ3) is 1.31. The maximum absolute atomic E-state index is 5.69. The zero-order chi connectivity index (χ0) is 10.1. The van der Waals surface area contributed by atoms with Gasteiger partial charge in [0.05, 0.1) is 0 Å². The van der Waals surface area contributed by atoms with Gasteiger partial charge in [0.15, 0.2) is 0 Å². The van der Waals surface area contributed by atoms with Gasteiger partial charge in [-0.3, -0.25) is 0 Å². The summed E-state index contributed by atoms with van der Waals surface area (Å²) in [5.41, 5.74) is 2.49. The first-order valence-corrected chi connectivity index (χ1v) is 5.06. The standard InChI is InChI=1S/C12H16NO/c1-4-13-8-14-12-10(9(2)3)6-5-7-11(12)13/h4-7,9H,8H2,1-3H3/q+1/b13-4-. The number of benzene rings is 1. The second-order valence-corrected chi connectivity index (χ2v) is 3.85. The Morgan fingerprint density at radius 2 is 2.21 bits per heavy atom. The van der Waals surface area contributed by atoms with Crippen molar-refractivity contribution in [2.75, 3.05) is 6.73 Å². The fourth-order valence-electron chi connectivity index (χ4n) is 1.80. The molecule has 1 aromatic rings. The van der Waals surface area contributed by atoms with Gasteiger partial charge in [-0.1, -0.05) is 26.0 Å². The average molecular weight is 190 g/mol. The van der Waals surface area contributed by atoms with Crippen LogP contribution in [-0.2, 0) is 0 Å². The highest BCUT2D eigenvalue weighted by molar-refractivity contribution is 5.59. The second kappa shape index (κ2) is 3.45. The molecule has 14 heavy (non-hydrogen) atoms. The summed E-state index contributed by atoms with van der Waals surface area (Å²) in [7, 11) is 0. The van der Waals surface area contributed by atoms with Crippen LogP contribution in [0.15, 0.2) is 18.2 Å². The predicted octanol–water partition coefficient (Wildman–Crippen LogP) is 2.89. The van der Waals surface area contributed by atoms with Crippen LogP contribution in [0, 0.1) is 0 Å². The Bertz CT molecular complexity index is 380. The van der Waals surface area contributed by atoms with Gasteiger partial charge in [0, 0.05) is 18.6 Å². The van der Waals surface area contributed by atoms with E-state index in [1.165, 1.54) is 11.3 Å². The smallest absolute Gasteiger partial charge is 0.292 e. The molecule has 0 spiro atoms. The molecule has 1 aliphatic rings. The SMILES string of the molecule is C/C=[N+]1/COc2c(C(C)C)cccc21. The molecule has 0 aromatic heterocycles. The molecule has 0 saturated carbocycles. The van der Waals surface area contributed by atoms with Gasteiger partial charge in [0.25, 0.3) is 12.4 Å². The maximum atomic E-state index is 5.69. The monoisotopic (exact) mass is 190 g/mol. The summed E-state index contributed by atoms with van der Waals surface area (Å²) in [6, 6.07) is 6.34. The molecule has 0 amide bonds. The van der Waals surface area contributed by atoms with Crippen LogP contribution < -0.4 is 4.74 Å². The molecule has 0 aliphatic carbocycles. The van der Waals surface area contributed by atoms with Gasteiger partial charge >= 0.3 is 0 Å². The van der Waals surface area contributed by atoms with Crippen LogP contribution in [-0.4, -0.2) is 17.5 Å². The molecule has 2 heteroatoms. The molecule has 0 unspecified atom stereocenters.